The summed E-state index contributed by atoms with van der Waals surface area (Å²) in [5, 5.41) is 0. The number of hydrogen-bond acceptors (Lipinski definition) is 5. The SMILES string of the molecule is c1cncc(CN2CCN3C[C@H](COCCCN4CCCCC4)CC[C@H]3C2)c1. The fourth-order valence-electron chi connectivity index (χ4n) is 5.18. The third-order valence-electron chi connectivity index (χ3n) is 6.78. The quantitative estimate of drug-likeness (QED) is 0.642. The molecule has 0 N–H and O–H groups in total. The summed E-state index contributed by atoms with van der Waals surface area (Å²) in [4.78, 5) is 12.2. The monoisotopic (exact) mass is 386 g/mol. The van der Waals surface area contributed by atoms with Crippen molar-refractivity contribution in [3.05, 3.63) is 30.1 Å². The number of rotatable bonds is 8. The molecular weight excluding hydrogens is 348 g/mol. The molecule has 4 rings (SSSR count). The van der Waals surface area contributed by atoms with Gasteiger partial charge in [0, 0.05) is 64.3 Å². The van der Waals surface area contributed by atoms with Crippen molar-refractivity contribution in [2.24, 2.45) is 5.92 Å². The molecule has 0 radical (unpaired) electrons. The van der Waals surface area contributed by atoms with Gasteiger partial charge in [0.05, 0.1) is 6.61 Å². The van der Waals surface area contributed by atoms with E-state index in [-0.39, 0.29) is 0 Å². The van der Waals surface area contributed by atoms with Crippen LogP contribution in [0.25, 0.3) is 0 Å². The molecule has 1 aromatic rings. The largest absolute Gasteiger partial charge is 0.381 e. The first-order valence-electron chi connectivity index (χ1n) is 11.5. The van der Waals surface area contributed by atoms with Crippen molar-refractivity contribution < 1.29 is 4.74 Å². The lowest BCUT2D eigenvalue weighted by Gasteiger charge is -2.46. The Labute approximate surface area is 171 Å². The van der Waals surface area contributed by atoms with E-state index in [1.807, 2.05) is 18.5 Å². The first-order chi connectivity index (χ1) is 13.9. The van der Waals surface area contributed by atoms with E-state index >= 15 is 0 Å². The van der Waals surface area contributed by atoms with Gasteiger partial charge >= 0.3 is 0 Å². The lowest BCUT2D eigenvalue weighted by molar-refractivity contribution is -0.00318. The fraction of sp³-hybridized carbons (Fsp3) is 0.783. The Morgan fingerprint density at radius 2 is 1.93 bits per heavy atom. The Morgan fingerprint density at radius 3 is 2.79 bits per heavy atom. The van der Waals surface area contributed by atoms with Crippen molar-refractivity contribution in [2.75, 3.05) is 59.0 Å². The maximum absolute atomic E-state index is 6.07. The van der Waals surface area contributed by atoms with E-state index < -0.39 is 0 Å². The molecule has 0 spiro atoms. The molecule has 0 unspecified atom stereocenters. The molecule has 1 aromatic heterocycles. The Morgan fingerprint density at radius 1 is 1.00 bits per heavy atom. The summed E-state index contributed by atoms with van der Waals surface area (Å²) in [5.41, 5.74) is 1.34. The van der Waals surface area contributed by atoms with Crippen LogP contribution in [0.3, 0.4) is 0 Å². The molecule has 0 bridgehead atoms. The van der Waals surface area contributed by atoms with E-state index in [2.05, 4.69) is 25.8 Å². The summed E-state index contributed by atoms with van der Waals surface area (Å²) in [6.45, 7) is 11.6. The van der Waals surface area contributed by atoms with E-state index in [4.69, 9.17) is 4.74 Å². The van der Waals surface area contributed by atoms with E-state index in [1.54, 1.807) is 0 Å². The van der Waals surface area contributed by atoms with Gasteiger partial charge in [-0.1, -0.05) is 12.5 Å². The lowest BCUT2D eigenvalue weighted by Crippen LogP contribution is -2.56. The second-order valence-corrected chi connectivity index (χ2v) is 9.02. The highest BCUT2D eigenvalue weighted by Gasteiger charge is 2.32. The first kappa shape index (κ1) is 20.3. The van der Waals surface area contributed by atoms with E-state index in [0.29, 0.717) is 0 Å². The standard InChI is InChI=1S/C23H38N4O/c1-2-10-25(11-3-1)12-5-15-28-20-22-7-8-23-19-26(13-14-27(23)18-22)17-21-6-4-9-24-16-21/h4,6,9,16,22-23H,1-3,5,7-8,10-15,17-20H2/t22-,23+/m1/s1. The number of nitrogens with zero attached hydrogens (tertiary/aromatic N) is 4. The lowest BCUT2D eigenvalue weighted by atomic mass is 9.91. The van der Waals surface area contributed by atoms with Crippen LogP contribution in [-0.4, -0.2) is 84.8 Å². The zero-order valence-corrected chi connectivity index (χ0v) is 17.5. The number of piperidine rings is 2. The van der Waals surface area contributed by atoms with Crippen LogP contribution < -0.4 is 0 Å². The summed E-state index contributed by atoms with van der Waals surface area (Å²) in [7, 11) is 0. The Hall–Kier alpha value is -1.01. The number of fused-ring (bicyclic) bond motifs is 1. The minimum Gasteiger partial charge on any atom is -0.381 e. The summed E-state index contributed by atoms with van der Waals surface area (Å²) in [6, 6.07) is 4.98. The van der Waals surface area contributed by atoms with Gasteiger partial charge in [-0.05, 0) is 62.7 Å². The van der Waals surface area contributed by atoms with Gasteiger partial charge in [0.1, 0.15) is 0 Å². The van der Waals surface area contributed by atoms with Crippen LogP contribution in [0.4, 0.5) is 0 Å². The third kappa shape index (κ3) is 5.99. The van der Waals surface area contributed by atoms with Gasteiger partial charge in [-0.15, -0.1) is 0 Å². The van der Waals surface area contributed by atoms with Crippen LogP contribution in [0.5, 0.6) is 0 Å². The molecule has 5 nitrogen and oxygen atoms in total. The van der Waals surface area contributed by atoms with Crippen molar-refractivity contribution in [3.8, 4) is 0 Å². The van der Waals surface area contributed by atoms with Gasteiger partial charge in [0.15, 0.2) is 0 Å². The number of hydrogen-bond donors (Lipinski definition) is 0. The van der Waals surface area contributed by atoms with Crippen LogP contribution in [0.15, 0.2) is 24.5 Å². The predicted molar refractivity (Wildman–Crippen MR) is 113 cm³/mol. The average Bonchev–Trinajstić information content (AvgIpc) is 2.75. The highest BCUT2D eigenvalue weighted by atomic mass is 16.5. The molecule has 3 aliphatic rings. The summed E-state index contributed by atoms with van der Waals surface area (Å²) >= 11 is 0. The predicted octanol–water partition coefficient (Wildman–Crippen LogP) is 2.87. The van der Waals surface area contributed by atoms with Gasteiger partial charge < -0.3 is 9.64 Å². The Balaban J connectivity index is 1.10. The molecule has 0 aliphatic carbocycles. The first-order valence-corrected chi connectivity index (χ1v) is 11.5. The molecule has 3 fully saturated rings. The molecule has 0 aromatic carbocycles. The number of piperazine rings is 1. The van der Waals surface area contributed by atoms with Gasteiger partial charge in [-0.3, -0.25) is 14.8 Å². The van der Waals surface area contributed by atoms with Gasteiger partial charge in [0.2, 0.25) is 0 Å². The molecule has 0 saturated carbocycles. The fourth-order valence-corrected chi connectivity index (χ4v) is 5.18. The van der Waals surface area contributed by atoms with Crippen LogP contribution in [0, 0.1) is 5.92 Å². The third-order valence-corrected chi connectivity index (χ3v) is 6.78. The maximum atomic E-state index is 6.07. The summed E-state index contributed by atoms with van der Waals surface area (Å²) in [5.74, 6) is 0.733. The number of likely N-dealkylation sites (tertiary alicyclic amines) is 1. The summed E-state index contributed by atoms with van der Waals surface area (Å²) in [6.07, 6.45) is 11.9. The Kier molecular flexibility index (Phi) is 7.73. The number of aromatic nitrogens is 1. The van der Waals surface area contributed by atoms with E-state index in [1.165, 1.54) is 89.9 Å². The van der Waals surface area contributed by atoms with Crippen molar-refractivity contribution in [1.82, 2.24) is 19.7 Å². The molecule has 2 atom stereocenters. The van der Waals surface area contributed by atoms with Crippen molar-refractivity contribution >= 4 is 0 Å². The van der Waals surface area contributed by atoms with Gasteiger partial charge in [0.25, 0.3) is 0 Å². The molecule has 0 amide bonds. The highest BCUT2D eigenvalue weighted by molar-refractivity contribution is 5.08. The van der Waals surface area contributed by atoms with E-state index in [0.717, 1.165) is 31.7 Å². The van der Waals surface area contributed by atoms with Crippen molar-refractivity contribution in [2.45, 2.75) is 51.1 Å². The van der Waals surface area contributed by atoms with Crippen LogP contribution in [0.1, 0.15) is 44.1 Å². The average molecular weight is 387 g/mol. The van der Waals surface area contributed by atoms with Crippen molar-refractivity contribution in [3.63, 3.8) is 0 Å². The zero-order valence-electron chi connectivity index (χ0n) is 17.5. The molecule has 28 heavy (non-hydrogen) atoms. The normalized spacial score (nSPS) is 27.6. The smallest absolute Gasteiger partial charge is 0.0506 e. The molecule has 4 heterocycles. The van der Waals surface area contributed by atoms with Crippen LogP contribution in [-0.2, 0) is 11.3 Å². The molecular formula is C23H38N4O. The zero-order chi connectivity index (χ0) is 19.0. The number of pyridine rings is 1. The minimum atomic E-state index is 0.733. The van der Waals surface area contributed by atoms with Crippen LogP contribution >= 0.6 is 0 Å². The topological polar surface area (TPSA) is 31.8 Å². The molecule has 3 aliphatic heterocycles. The molecule has 3 saturated heterocycles. The van der Waals surface area contributed by atoms with Crippen molar-refractivity contribution in [1.29, 1.82) is 0 Å². The van der Waals surface area contributed by atoms with E-state index in [9.17, 15) is 0 Å². The molecule has 5 heteroatoms. The summed E-state index contributed by atoms with van der Waals surface area (Å²) < 4.78 is 6.07. The Bertz CT molecular complexity index is 563. The minimum absolute atomic E-state index is 0.733. The van der Waals surface area contributed by atoms with Gasteiger partial charge in [-0.2, -0.15) is 0 Å². The number of ether oxygens (including phenoxy) is 1. The highest BCUT2D eigenvalue weighted by Crippen LogP contribution is 2.26. The second kappa shape index (κ2) is 10.7. The molecule has 156 valence electrons. The van der Waals surface area contributed by atoms with Gasteiger partial charge in [-0.25, -0.2) is 0 Å². The maximum Gasteiger partial charge on any atom is 0.0506 e. The van der Waals surface area contributed by atoms with Crippen LogP contribution in [0.2, 0.25) is 0 Å². The second-order valence-electron chi connectivity index (χ2n) is 9.02.